The number of aromatic amines is 1. The molecule has 0 spiro atoms. The summed E-state index contributed by atoms with van der Waals surface area (Å²) in [5, 5.41) is 1.13. The van der Waals surface area contributed by atoms with Gasteiger partial charge in [-0.25, -0.2) is 9.97 Å². The van der Waals surface area contributed by atoms with Crippen molar-refractivity contribution in [3.63, 3.8) is 0 Å². The number of hydrogen-bond donors (Lipinski definition) is 1. The first-order chi connectivity index (χ1) is 10.4. The molecule has 2 heterocycles. The van der Waals surface area contributed by atoms with Crippen molar-refractivity contribution in [2.45, 2.75) is 0 Å². The van der Waals surface area contributed by atoms with E-state index in [1.165, 1.54) is 0 Å². The Bertz CT molecular complexity index is 881. The van der Waals surface area contributed by atoms with E-state index in [0.29, 0.717) is 0 Å². The Morgan fingerprint density at radius 3 is 2.48 bits per heavy atom. The van der Waals surface area contributed by atoms with Crippen LogP contribution in [0.25, 0.3) is 33.5 Å². The summed E-state index contributed by atoms with van der Waals surface area (Å²) in [5.74, 6) is 0.865. The Kier molecular flexibility index (Phi) is 2.75. The molecule has 4 aromatic rings. The maximum absolute atomic E-state index is 4.77. The van der Waals surface area contributed by atoms with Gasteiger partial charge >= 0.3 is 0 Å². The SMILES string of the molecule is c1ccc(-c2ccc3ccc(-c4ncc[nH]4)cc3n2)cc1. The Morgan fingerprint density at radius 1 is 0.810 bits per heavy atom. The number of benzene rings is 2. The molecule has 0 fully saturated rings. The number of rotatable bonds is 2. The van der Waals surface area contributed by atoms with Gasteiger partial charge in [0.1, 0.15) is 5.82 Å². The topological polar surface area (TPSA) is 41.6 Å². The molecule has 100 valence electrons. The lowest BCUT2D eigenvalue weighted by molar-refractivity contribution is 1.31. The van der Waals surface area contributed by atoms with E-state index in [-0.39, 0.29) is 0 Å². The van der Waals surface area contributed by atoms with Crippen LogP contribution in [0.15, 0.2) is 73.1 Å². The summed E-state index contributed by atoms with van der Waals surface area (Å²) in [4.78, 5) is 12.2. The van der Waals surface area contributed by atoms with Crippen LogP contribution in [0, 0.1) is 0 Å². The molecule has 0 unspecified atom stereocenters. The molecule has 3 nitrogen and oxygen atoms in total. The highest BCUT2D eigenvalue weighted by atomic mass is 14.9. The molecule has 2 aromatic carbocycles. The van der Waals surface area contributed by atoms with Gasteiger partial charge in [-0.1, -0.05) is 48.5 Å². The minimum atomic E-state index is 0.865. The fraction of sp³-hybridized carbons (Fsp3) is 0. The Balaban J connectivity index is 1.86. The van der Waals surface area contributed by atoms with Gasteiger partial charge in [-0.3, -0.25) is 0 Å². The summed E-state index contributed by atoms with van der Waals surface area (Å²) >= 11 is 0. The molecule has 0 radical (unpaired) electrons. The van der Waals surface area contributed by atoms with E-state index in [1.54, 1.807) is 6.20 Å². The molecule has 2 aromatic heterocycles. The van der Waals surface area contributed by atoms with Crippen LogP contribution in [0.4, 0.5) is 0 Å². The van der Waals surface area contributed by atoms with E-state index < -0.39 is 0 Å². The van der Waals surface area contributed by atoms with Crippen molar-refractivity contribution in [3.8, 4) is 22.6 Å². The second-order valence-corrected chi connectivity index (χ2v) is 4.91. The normalized spacial score (nSPS) is 10.9. The monoisotopic (exact) mass is 271 g/mol. The van der Waals surface area contributed by atoms with E-state index >= 15 is 0 Å². The van der Waals surface area contributed by atoms with Gasteiger partial charge in [0.2, 0.25) is 0 Å². The first-order valence-electron chi connectivity index (χ1n) is 6.86. The lowest BCUT2D eigenvalue weighted by Crippen LogP contribution is -1.87. The van der Waals surface area contributed by atoms with E-state index in [4.69, 9.17) is 4.98 Å². The molecule has 0 aliphatic rings. The molecule has 0 aliphatic heterocycles. The number of nitrogens with zero attached hydrogens (tertiary/aromatic N) is 2. The van der Waals surface area contributed by atoms with Crippen LogP contribution in [0.3, 0.4) is 0 Å². The molecule has 0 saturated carbocycles. The van der Waals surface area contributed by atoms with E-state index in [1.807, 2.05) is 24.4 Å². The molecule has 3 heteroatoms. The van der Waals surface area contributed by atoms with Gasteiger partial charge in [0.15, 0.2) is 0 Å². The van der Waals surface area contributed by atoms with Gasteiger partial charge in [-0.15, -0.1) is 0 Å². The highest BCUT2D eigenvalue weighted by Gasteiger charge is 2.04. The second kappa shape index (κ2) is 4.87. The average molecular weight is 271 g/mol. The summed E-state index contributed by atoms with van der Waals surface area (Å²) in [6, 6.07) is 20.6. The van der Waals surface area contributed by atoms with E-state index in [0.717, 1.165) is 33.5 Å². The van der Waals surface area contributed by atoms with Crippen molar-refractivity contribution < 1.29 is 0 Å². The molecule has 0 aliphatic carbocycles. The maximum atomic E-state index is 4.77. The summed E-state index contributed by atoms with van der Waals surface area (Å²) < 4.78 is 0. The molecule has 0 bridgehead atoms. The summed E-state index contributed by atoms with van der Waals surface area (Å²) in [5.41, 5.74) is 4.14. The maximum Gasteiger partial charge on any atom is 0.137 e. The Morgan fingerprint density at radius 2 is 1.67 bits per heavy atom. The van der Waals surface area contributed by atoms with Crippen molar-refractivity contribution in [2.75, 3.05) is 0 Å². The number of aromatic nitrogens is 3. The van der Waals surface area contributed by atoms with Crippen molar-refractivity contribution >= 4 is 10.9 Å². The summed E-state index contributed by atoms with van der Waals surface area (Å²) in [7, 11) is 0. The minimum Gasteiger partial charge on any atom is -0.345 e. The van der Waals surface area contributed by atoms with Gasteiger partial charge in [0.05, 0.1) is 11.2 Å². The Hall–Kier alpha value is -2.94. The molecule has 0 amide bonds. The number of fused-ring (bicyclic) bond motifs is 1. The highest BCUT2D eigenvalue weighted by molar-refractivity contribution is 5.85. The van der Waals surface area contributed by atoms with Crippen LogP contribution in [0.2, 0.25) is 0 Å². The zero-order valence-electron chi connectivity index (χ0n) is 11.3. The zero-order valence-corrected chi connectivity index (χ0v) is 11.3. The lowest BCUT2D eigenvalue weighted by Gasteiger charge is -2.05. The first-order valence-corrected chi connectivity index (χ1v) is 6.86. The predicted octanol–water partition coefficient (Wildman–Crippen LogP) is 4.29. The molecule has 21 heavy (non-hydrogen) atoms. The standard InChI is InChI=1S/C18H13N3/c1-2-4-13(5-3-1)16-9-8-14-6-7-15(12-17(14)21-16)18-19-10-11-20-18/h1-12H,(H,19,20). The average Bonchev–Trinajstić information content (AvgIpc) is 3.09. The fourth-order valence-corrected chi connectivity index (χ4v) is 2.46. The zero-order chi connectivity index (χ0) is 14.1. The number of hydrogen-bond acceptors (Lipinski definition) is 2. The first kappa shape index (κ1) is 11.9. The quantitative estimate of drug-likeness (QED) is 0.591. The smallest absolute Gasteiger partial charge is 0.137 e. The second-order valence-electron chi connectivity index (χ2n) is 4.91. The molecule has 0 atom stereocenters. The van der Waals surface area contributed by atoms with Crippen LogP contribution in [0.5, 0.6) is 0 Å². The molecule has 1 N–H and O–H groups in total. The van der Waals surface area contributed by atoms with Crippen molar-refractivity contribution in [1.82, 2.24) is 15.0 Å². The number of pyridine rings is 1. The Labute approximate surface area is 122 Å². The van der Waals surface area contributed by atoms with Crippen LogP contribution in [-0.4, -0.2) is 15.0 Å². The largest absolute Gasteiger partial charge is 0.345 e. The third-order valence-electron chi connectivity index (χ3n) is 3.53. The predicted molar refractivity (Wildman–Crippen MR) is 84.8 cm³/mol. The lowest BCUT2D eigenvalue weighted by atomic mass is 10.1. The number of nitrogens with one attached hydrogen (secondary N) is 1. The van der Waals surface area contributed by atoms with Crippen molar-refractivity contribution in [3.05, 3.63) is 73.1 Å². The third kappa shape index (κ3) is 2.19. The minimum absolute atomic E-state index is 0.865. The van der Waals surface area contributed by atoms with Crippen LogP contribution >= 0.6 is 0 Å². The van der Waals surface area contributed by atoms with Gasteiger partial charge in [0.25, 0.3) is 0 Å². The van der Waals surface area contributed by atoms with Gasteiger partial charge in [0, 0.05) is 28.9 Å². The highest BCUT2D eigenvalue weighted by Crippen LogP contribution is 2.24. The van der Waals surface area contributed by atoms with E-state index in [2.05, 4.69) is 52.4 Å². The van der Waals surface area contributed by atoms with E-state index in [9.17, 15) is 0 Å². The van der Waals surface area contributed by atoms with Crippen LogP contribution in [0.1, 0.15) is 0 Å². The molecular weight excluding hydrogens is 258 g/mol. The van der Waals surface area contributed by atoms with Gasteiger partial charge in [-0.05, 0) is 12.1 Å². The number of imidazole rings is 1. The van der Waals surface area contributed by atoms with Gasteiger partial charge in [-0.2, -0.15) is 0 Å². The molecule has 4 rings (SSSR count). The van der Waals surface area contributed by atoms with Crippen LogP contribution in [-0.2, 0) is 0 Å². The van der Waals surface area contributed by atoms with Crippen molar-refractivity contribution in [2.24, 2.45) is 0 Å². The fourth-order valence-electron chi connectivity index (χ4n) is 2.46. The van der Waals surface area contributed by atoms with Gasteiger partial charge < -0.3 is 4.98 Å². The number of H-pyrrole nitrogens is 1. The summed E-state index contributed by atoms with van der Waals surface area (Å²) in [6.45, 7) is 0. The van der Waals surface area contributed by atoms with Crippen LogP contribution < -0.4 is 0 Å². The molecular formula is C18H13N3. The molecule has 0 saturated heterocycles. The van der Waals surface area contributed by atoms with Crippen molar-refractivity contribution in [1.29, 1.82) is 0 Å². The summed E-state index contributed by atoms with van der Waals surface area (Å²) in [6.07, 6.45) is 3.58. The third-order valence-corrected chi connectivity index (χ3v) is 3.53.